The van der Waals surface area contributed by atoms with E-state index in [1.54, 1.807) is 6.20 Å². The van der Waals surface area contributed by atoms with Gasteiger partial charge in [-0.15, -0.1) is 10.2 Å². The largest absolute Gasteiger partial charge is 0.378 e. The number of fused-ring (bicyclic) bond motifs is 1. The van der Waals surface area contributed by atoms with Crippen LogP contribution in [0, 0.1) is 5.92 Å². The minimum Gasteiger partial charge on any atom is -0.378 e. The first-order valence-corrected chi connectivity index (χ1v) is 6.61. The average molecular weight is 267 g/mol. The van der Waals surface area contributed by atoms with Crippen LogP contribution in [-0.2, 0) is 11.2 Å². The van der Waals surface area contributed by atoms with E-state index < -0.39 is 0 Å². The molecule has 0 atom stereocenters. The Morgan fingerprint density at radius 2 is 2.28 bits per heavy atom. The topological polar surface area (TPSA) is 52.3 Å². The summed E-state index contributed by atoms with van der Waals surface area (Å²) in [5, 5.41) is 8.67. The highest BCUT2D eigenvalue weighted by molar-refractivity contribution is 6.32. The quantitative estimate of drug-likeness (QED) is 0.851. The highest BCUT2D eigenvalue weighted by atomic mass is 35.5. The minimum atomic E-state index is 0.400. The van der Waals surface area contributed by atoms with Gasteiger partial charge in [-0.2, -0.15) is 0 Å². The molecular formula is C12H15ClN4O. The molecule has 3 rings (SSSR count). The zero-order valence-corrected chi connectivity index (χ0v) is 11.0. The highest BCUT2D eigenvalue weighted by Crippen LogP contribution is 2.32. The second kappa shape index (κ2) is 4.82. The second-order valence-corrected chi connectivity index (χ2v) is 5.00. The molecule has 0 spiro atoms. The molecule has 1 aliphatic rings. The van der Waals surface area contributed by atoms with E-state index in [0.717, 1.165) is 31.7 Å². The van der Waals surface area contributed by atoms with E-state index in [2.05, 4.69) is 15.2 Å². The molecule has 5 nitrogen and oxygen atoms in total. The molecule has 18 heavy (non-hydrogen) atoms. The SMILES string of the molecule is CCOC1CC(Cc2nnc3c(Cl)nccn23)C1. The molecule has 1 fully saturated rings. The van der Waals surface area contributed by atoms with E-state index in [1.807, 2.05) is 17.5 Å². The van der Waals surface area contributed by atoms with Crippen molar-refractivity contribution in [2.75, 3.05) is 6.61 Å². The fourth-order valence-corrected chi connectivity index (χ4v) is 2.64. The molecule has 0 aliphatic heterocycles. The summed E-state index contributed by atoms with van der Waals surface area (Å²) in [6.07, 6.45) is 7.11. The average Bonchev–Trinajstić information content (AvgIpc) is 2.71. The number of rotatable bonds is 4. The lowest BCUT2D eigenvalue weighted by atomic mass is 9.80. The number of hydrogen-bond acceptors (Lipinski definition) is 4. The van der Waals surface area contributed by atoms with Crippen LogP contribution in [0.4, 0.5) is 0 Å². The molecule has 0 saturated heterocycles. The predicted octanol–water partition coefficient (Wildman–Crippen LogP) is 2.14. The Kier molecular flexibility index (Phi) is 3.18. The van der Waals surface area contributed by atoms with Gasteiger partial charge in [-0.3, -0.25) is 4.40 Å². The molecule has 1 aliphatic carbocycles. The Labute approximate surface area is 110 Å². The van der Waals surface area contributed by atoms with Gasteiger partial charge in [0.1, 0.15) is 5.82 Å². The van der Waals surface area contributed by atoms with Gasteiger partial charge in [-0.25, -0.2) is 4.98 Å². The number of nitrogens with zero attached hydrogens (tertiary/aromatic N) is 4. The van der Waals surface area contributed by atoms with Crippen molar-refractivity contribution in [3.8, 4) is 0 Å². The molecule has 96 valence electrons. The van der Waals surface area contributed by atoms with Crippen molar-refractivity contribution in [2.24, 2.45) is 5.92 Å². The summed E-state index contributed by atoms with van der Waals surface area (Å²) in [7, 11) is 0. The summed E-state index contributed by atoms with van der Waals surface area (Å²) in [5.74, 6) is 1.59. The monoisotopic (exact) mass is 266 g/mol. The van der Waals surface area contributed by atoms with Crippen LogP contribution < -0.4 is 0 Å². The van der Waals surface area contributed by atoms with Crippen LogP contribution in [-0.4, -0.2) is 32.3 Å². The van der Waals surface area contributed by atoms with E-state index in [4.69, 9.17) is 16.3 Å². The van der Waals surface area contributed by atoms with Gasteiger partial charge in [0, 0.05) is 25.4 Å². The van der Waals surface area contributed by atoms with Crippen LogP contribution in [0.25, 0.3) is 5.65 Å². The lowest BCUT2D eigenvalue weighted by Crippen LogP contribution is -2.33. The van der Waals surface area contributed by atoms with Gasteiger partial charge in [-0.1, -0.05) is 11.6 Å². The molecule has 0 bridgehead atoms. The summed E-state index contributed by atoms with van der Waals surface area (Å²) in [5.41, 5.74) is 0.634. The van der Waals surface area contributed by atoms with Crippen LogP contribution in [0.1, 0.15) is 25.6 Å². The van der Waals surface area contributed by atoms with E-state index in [0.29, 0.717) is 22.8 Å². The van der Waals surface area contributed by atoms with Gasteiger partial charge in [0.15, 0.2) is 10.8 Å². The third kappa shape index (κ3) is 2.08. The molecule has 0 aromatic carbocycles. The maximum absolute atomic E-state index is 5.96. The molecule has 6 heteroatoms. The van der Waals surface area contributed by atoms with Crippen LogP contribution in [0.3, 0.4) is 0 Å². The summed E-state index contributed by atoms with van der Waals surface area (Å²) in [6, 6.07) is 0. The zero-order chi connectivity index (χ0) is 12.5. The van der Waals surface area contributed by atoms with Crippen LogP contribution in [0.5, 0.6) is 0 Å². The standard InChI is InChI=1S/C12H15ClN4O/c1-2-18-9-5-8(6-9)7-10-15-16-12-11(13)14-3-4-17(10)12/h3-4,8-9H,2,5-7H2,1H3. The van der Waals surface area contributed by atoms with Gasteiger partial charge >= 0.3 is 0 Å². The Morgan fingerprint density at radius 1 is 1.44 bits per heavy atom. The van der Waals surface area contributed by atoms with Gasteiger partial charge < -0.3 is 4.74 Å². The number of halogens is 1. The van der Waals surface area contributed by atoms with E-state index in [9.17, 15) is 0 Å². The molecule has 0 N–H and O–H groups in total. The third-order valence-electron chi connectivity index (χ3n) is 3.42. The molecule has 2 aromatic rings. The fourth-order valence-electron chi connectivity index (χ4n) is 2.45. The molecule has 0 amide bonds. The van der Waals surface area contributed by atoms with Crippen molar-refractivity contribution in [3.63, 3.8) is 0 Å². The predicted molar refractivity (Wildman–Crippen MR) is 67.6 cm³/mol. The van der Waals surface area contributed by atoms with Crippen LogP contribution in [0.2, 0.25) is 5.15 Å². The first kappa shape index (κ1) is 11.9. The van der Waals surface area contributed by atoms with Crippen molar-refractivity contribution >= 4 is 17.2 Å². The molecule has 0 unspecified atom stereocenters. The summed E-state index contributed by atoms with van der Waals surface area (Å²) >= 11 is 5.96. The first-order valence-electron chi connectivity index (χ1n) is 6.23. The Morgan fingerprint density at radius 3 is 3.06 bits per heavy atom. The van der Waals surface area contributed by atoms with Crippen molar-refractivity contribution in [1.82, 2.24) is 19.6 Å². The molecule has 0 radical (unpaired) electrons. The highest BCUT2D eigenvalue weighted by Gasteiger charge is 2.30. The smallest absolute Gasteiger partial charge is 0.198 e. The number of aromatic nitrogens is 4. The molecular weight excluding hydrogens is 252 g/mol. The first-order chi connectivity index (χ1) is 8.78. The maximum atomic E-state index is 5.96. The fraction of sp³-hybridized carbons (Fsp3) is 0.583. The van der Waals surface area contributed by atoms with Gasteiger partial charge in [0.05, 0.1) is 6.10 Å². The number of ether oxygens (including phenoxy) is 1. The van der Waals surface area contributed by atoms with E-state index in [1.165, 1.54) is 0 Å². The van der Waals surface area contributed by atoms with Crippen LogP contribution >= 0.6 is 11.6 Å². The maximum Gasteiger partial charge on any atom is 0.198 e. The van der Waals surface area contributed by atoms with E-state index in [-0.39, 0.29) is 0 Å². The summed E-state index contributed by atoms with van der Waals surface area (Å²) < 4.78 is 7.48. The third-order valence-corrected chi connectivity index (χ3v) is 3.69. The minimum absolute atomic E-state index is 0.400. The Bertz CT molecular complexity index is 550. The van der Waals surface area contributed by atoms with Crippen LogP contribution in [0.15, 0.2) is 12.4 Å². The zero-order valence-electron chi connectivity index (χ0n) is 10.2. The Hall–Kier alpha value is -1.20. The lowest BCUT2D eigenvalue weighted by molar-refractivity contribution is -0.0246. The molecule has 2 heterocycles. The van der Waals surface area contributed by atoms with Crippen molar-refractivity contribution in [2.45, 2.75) is 32.3 Å². The van der Waals surface area contributed by atoms with Gasteiger partial charge in [-0.05, 0) is 25.7 Å². The lowest BCUT2D eigenvalue weighted by Gasteiger charge is -2.34. The van der Waals surface area contributed by atoms with Gasteiger partial charge in [0.2, 0.25) is 0 Å². The van der Waals surface area contributed by atoms with Crippen molar-refractivity contribution in [3.05, 3.63) is 23.4 Å². The normalized spacial score (nSPS) is 23.2. The second-order valence-electron chi connectivity index (χ2n) is 4.65. The van der Waals surface area contributed by atoms with Crippen molar-refractivity contribution in [1.29, 1.82) is 0 Å². The molecule has 1 saturated carbocycles. The summed E-state index contributed by atoms with van der Waals surface area (Å²) in [6.45, 7) is 2.83. The van der Waals surface area contributed by atoms with Crippen molar-refractivity contribution < 1.29 is 4.74 Å². The molecule has 2 aromatic heterocycles. The number of hydrogen-bond donors (Lipinski definition) is 0. The van der Waals surface area contributed by atoms with Gasteiger partial charge in [0.25, 0.3) is 0 Å². The summed E-state index contributed by atoms with van der Waals surface area (Å²) in [4.78, 5) is 3.99. The Balaban J connectivity index is 1.71. The van der Waals surface area contributed by atoms with E-state index >= 15 is 0 Å².